The van der Waals surface area contributed by atoms with Gasteiger partial charge in [-0.1, -0.05) is 82.9 Å². The fourth-order valence-corrected chi connectivity index (χ4v) is 3.57. The lowest BCUT2D eigenvalue weighted by Gasteiger charge is -2.18. The number of carbonyl (C=O) groups is 2. The second kappa shape index (κ2) is 11.2. The van der Waals surface area contributed by atoms with Crippen molar-refractivity contribution >= 4 is 20.9 Å². The van der Waals surface area contributed by atoms with Gasteiger partial charge in [-0.3, -0.25) is 9.59 Å². The van der Waals surface area contributed by atoms with Crippen LogP contribution in [0.1, 0.15) is 44.1 Å². The number of hydrogen-bond donors (Lipinski definition) is 0. The van der Waals surface area contributed by atoms with E-state index in [4.69, 9.17) is 9.30 Å². The Hall–Kier alpha value is -3.10. The van der Waals surface area contributed by atoms with E-state index in [1.165, 1.54) is 9.12 Å². The number of carbonyl (C=O) groups excluding carboxylic acids is 2. The van der Waals surface area contributed by atoms with Gasteiger partial charge in [0.15, 0.2) is 5.78 Å². The van der Waals surface area contributed by atoms with Crippen LogP contribution in [0, 0.1) is 20.8 Å². The molecule has 4 nitrogen and oxygen atoms in total. The fraction of sp³-hybridized carbons (Fsp3) is 0.200. The summed E-state index contributed by atoms with van der Waals surface area (Å²) in [5.41, 5.74) is 4.96. The maximum atomic E-state index is 13.5. The fourth-order valence-electron chi connectivity index (χ4n) is 3.57. The summed E-state index contributed by atoms with van der Waals surface area (Å²) in [6.45, 7) is 5.95. The summed E-state index contributed by atoms with van der Waals surface area (Å²) in [7, 11) is 1.17. The lowest BCUT2D eigenvalue weighted by molar-refractivity contribution is -0.145. The minimum absolute atomic E-state index is 0.141. The number of hydrogen-bond acceptors (Lipinski definition) is 4. The van der Waals surface area contributed by atoms with Gasteiger partial charge in [0.1, 0.15) is 12.5 Å². The molecule has 0 aliphatic heterocycles. The van der Waals surface area contributed by atoms with Crippen molar-refractivity contribution in [2.75, 3.05) is 0 Å². The quantitative estimate of drug-likeness (QED) is 0.227. The number of ether oxygens (including phenoxy) is 1. The van der Waals surface area contributed by atoms with Crippen LogP contribution < -0.4 is 0 Å². The molecule has 0 saturated carbocycles. The van der Waals surface area contributed by atoms with E-state index in [0.29, 0.717) is 11.1 Å². The lowest BCUT2D eigenvalue weighted by atomic mass is 9.86. The molecule has 3 aromatic rings. The highest BCUT2D eigenvalue weighted by Crippen LogP contribution is 2.27. The van der Waals surface area contributed by atoms with E-state index in [-0.39, 0.29) is 12.4 Å². The van der Waals surface area contributed by atoms with Gasteiger partial charge in [-0.05, 0) is 43.0 Å². The van der Waals surface area contributed by atoms with Crippen LogP contribution in [-0.4, -0.2) is 11.8 Å². The summed E-state index contributed by atoms with van der Waals surface area (Å²) in [6, 6.07) is 22.5. The van der Waals surface area contributed by atoms with E-state index in [9.17, 15) is 9.59 Å². The van der Waals surface area contributed by atoms with E-state index < -0.39 is 11.9 Å². The lowest BCUT2D eigenvalue weighted by Crippen LogP contribution is -2.25. The van der Waals surface area contributed by atoms with Crippen LogP contribution >= 0.6 is 9.12 Å². The maximum absolute atomic E-state index is 13.5. The maximum Gasteiger partial charge on any atom is 0.321 e. The molecule has 0 N–H and O–H groups in total. The number of aryl methyl sites for hydroxylation is 3. The van der Waals surface area contributed by atoms with Crippen LogP contribution in [0.5, 0.6) is 0 Å². The number of rotatable bonds is 6. The molecular formula is C25H26O4P+. The topological polar surface area (TPSA) is 60.4 Å². The Morgan fingerprint density at radius 3 is 1.87 bits per heavy atom. The molecule has 0 amide bonds. The molecule has 0 aliphatic carbocycles. The van der Waals surface area contributed by atoms with E-state index >= 15 is 0 Å². The highest BCUT2D eigenvalue weighted by atomic mass is 31.0. The summed E-state index contributed by atoms with van der Waals surface area (Å²) >= 11 is 0. The molecule has 3 aromatic carbocycles. The molecule has 0 heterocycles. The smallest absolute Gasteiger partial charge is 0.321 e. The molecular weight excluding hydrogens is 395 g/mol. The average molecular weight is 421 g/mol. The Labute approximate surface area is 179 Å². The molecule has 3 rings (SSSR count). The van der Waals surface area contributed by atoms with Gasteiger partial charge < -0.3 is 4.74 Å². The van der Waals surface area contributed by atoms with Crippen LogP contribution in [0.15, 0.2) is 72.8 Å². The van der Waals surface area contributed by atoms with Crippen LogP contribution in [0.25, 0.3) is 0 Å². The first-order valence-corrected chi connectivity index (χ1v) is 10.1. The summed E-state index contributed by atoms with van der Waals surface area (Å²) < 4.78 is 13.7. The Kier molecular flexibility index (Phi) is 8.64. The molecule has 0 saturated heterocycles. The molecule has 0 aromatic heterocycles. The minimum Gasteiger partial charge on any atom is -0.460 e. The van der Waals surface area contributed by atoms with Crippen molar-refractivity contribution in [2.24, 2.45) is 0 Å². The van der Waals surface area contributed by atoms with Gasteiger partial charge in [-0.15, -0.1) is 0 Å². The molecule has 5 heteroatoms. The van der Waals surface area contributed by atoms with E-state index in [2.05, 4.69) is 0 Å². The first-order chi connectivity index (χ1) is 14.5. The standard InChI is InChI=1S/C25H24O3.H2OP/c1-17-14-18(2)22(19(3)15-17)24(26)23(21-12-8-5-9-13-21)25(27)28-16-20-10-6-4-7-11-20;1-2/h4-15,23H,16H2,1-3H3;2H2/q;+1. The summed E-state index contributed by atoms with van der Waals surface area (Å²) in [6.07, 6.45) is 0. The van der Waals surface area contributed by atoms with Gasteiger partial charge in [-0.25, -0.2) is 0 Å². The van der Waals surface area contributed by atoms with Gasteiger partial charge in [0, 0.05) is 5.56 Å². The second-order valence-corrected chi connectivity index (χ2v) is 7.07. The third kappa shape index (κ3) is 5.71. The Morgan fingerprint density at radius 1 is 0.833 bits per heavy atom. The number of ketones is 1. The summed E-state index contributed by atoms with van der Waals surface area (Å²) in [4.78, 5) is 26.4. The predicted molar refractivity (Wildman–Crippen MR) is 121 cm³/mol. The zero-order chi connectivity index (χ0) is 22.1. The molecule has 0 spiro atoms. The molecule has 0 fully saturated rings. The molecule has 2 unspecified atom stereocenters. The van der Waals surface area contributed by atoms with Crippen LogP contribution in [-0.2, 0) is 20.7 Å². The van der Waals surface area contributed by atoms with E-state index in [0.717, 1.165) is 22.3 Å². The average Bonchev–Trinajstić information content (AvgIpc) is 2.75. The normalized spacial score (nSPS) is 11.0. The van der Waals surface area contributed by atoms with Crippen LogP contribution in [0.4, 0.5) is 0 Å². The van der Waals surface area contributed by atoms with Crippen LogP contribution in [0.2, 0.25) is 0 Å². The molecule has 30 heavy (non-hydrogen) atoms. The molecule has 0 radical (unpaired) electrons. The summed E-state index contributed by atoms with van der Waals surface area (Å²) in [5.74, 6) is -1.73. The molecule has 2 atom stereocenters. The third-order valence-electron chi connectivity index (χ3n) is 4.78. The minimum atomic E-state index is -0.981. The van der Waals surface area contributed by atoms with Crippen LogP contribution in [0.3, 0.4) is 0 Å². The zero-order valence-corrected chi connectivity index (χ0v) is 18.6. The highest BCUT2D eigenvalue weighted by molar-refractivity contribution is 7.00. The van der Waals surface area contributed by atoms with Crippen molar-refractivity contribution < 1.29 is 18.9 Å². The van der Waals surface area contributed by atoms with Gasteiger partial charge >= 0.3 is 15.1 Å². The van der Waals surface area contributed by atoms with Gasteiger partial charge in [0.2, 0.25) is 0 Å². The molecule has 0 bridgehead atoms. The zero-order valence-electron chi connectivity index (χ0n) is 17.4. The van der Waals surface area contributed by atoms with Gasteiger partial charge in [0.25, 0.3) is 0 Å². The third-order valence-corrected chi connectivity index (χ3v) is 4.78. The number of esters is 1. The van der Waals surface area contributed by atoms with Gasteiger partial charge in [0.05, 0.1) is 0 Å². The Balaban J connectivity index is 0.00000155. The monoisotopic (exact) mass is 421 g/mol. The van der Waals surface area contributed by atoms with Crippen molar-refractivity contribution in [3.63, 3.8) is 0 Å². The predicted octanol–water partition coefficient (Wildman–Crippen LogP) is 5.53. The molecule has 0 aliphatic rings. The first kappa shape index (κ1) is 23.2. The van der Waals surface area contributed by atoms with Crippen molar-refractivity contribution in [2.45, 2.75) is 33.3 Å². The van der Waals surface area contributed by atoms with Crippen molar-refractivity contribution in [3.8, 4) is 0 Å². The van der Waals surface area contributed by atoms with E-state index in [1.54, 1.807) is 12.1 Å². The first-order valence-electron chi connectivity index (χ1n) is 9.58. The summed E-state index contributed by atoms with van der Waals surface area (Å²) in [5, 5.41) is 0. The SMILES string of the molecule is Cc1cc(C)c(C(=O)C(C(=O)OCc2ccccc2)c2ccccc2)c(C)c1.O=[PH2+]. The number of benzene rings is 3. The van der Waals surface area contributed by atoms with Gasteiger partial charge in [-0.2, -0.15) is 0 Å². The Bertz CT molecular complexity index is 977. The molecule has 154 valence electrons. The number of Topliss-reactive ketones (excluding diaryl/α,β-unsaturated/α-hetero) is 1. The van der Waals surface area contributed by atoms with E-state index in [1.807, 2.05) is 81.4 Å². The Morgan fingerprint density at radius 2 is 1.33 bits per heavy atom. The van der Waals surface area contributed by atoms with Crippen molar-refractivity contribution in [3.05, 3.63) is 106 Å². The van der Waals surface area contributed by atoms with Crippen molar-refractivity contribution in [1.29, 1.82) is 0 Å². The second-order valence-electron chi connectivity index (χ2n) is 7.07. The van der Waals surface area contributed by atoms with Crippen molar-refractivity contribution in [1.82, 2.24) is 0 Å². The largest absolute Gasteiger partial charge is 0.460 e. The highest BCUT2D eigenvalue weighted by Gasteiger charge is 2.32.